The molecule has 0 amide bonds. The van der Waals surface area contributed by atoms with E-state index in [2.05, 4.69) is 4.90 Å². The van der Waals surface area contributed by atoms with Crippen LogP contribution in [0.25, 0.3) is 0 Å². The van der Waals surface area contributed by atoms with Crippen LogP contribution in [-0.4, -0.2) is 42.5 Å². The zero-order chi connectivity index (χ0) is 13.2. The average molecular weight is 263 g/mol. The van der Waals surface area contributed by atoms with Gasteiger partial charge < -0.3 is 4.74 Å². The summed E-state index contributed by atoms with van der Waals surface area (Å²) in [5, 5.41) is 0. The fourth-order valence-corrected chi connectivity index (χ4v) is 2.99. The minimum atomic E-state index is -0.294. The van der Waals surface area contributed by atoms with E-state index in [1.807, 2.05) is 0 Å². The van der Waals surface area contributed by atoms with E-state index in [1.165, 1.54) is 6.07 Å². The van der Waals surface area contributed by atoms with Gasteiger partial charge >= 0.3 is 0 Å². The molecular weight excluding hydrogens is 245 g/mol. The van der Waals surface area contributed by atoms with Crippen molar-refractivity contribution in [1.82, 2.24) is 4.90 Å². The van der Waals surface area contributed by atoms with Gasteiger partial charge in [-0.2, -0.15) is 0 Å². The number of Topliss-reactive ketones (excluding diaryl/α,β-unsaturated/α-hetero) is 1. The molecule has 2 aliphatic rings. The Morgan fingerprint density at radius 2 is 1.95 bits per heavy atom. The Kier molecular flexibility index (Phi) is 3.62. The Hall–Kier alpha value is -1.26. The van der Waals surface area contributed by atoms with E-state index in [1.54, 1.807) is 18.2 Å². The molecule has 2 atom stereocenters. The zero-order valence-corrected chi connectivity index (χ0v) is 10.8. The lowest BCUT2D eigenvalue weighted by molar-refractivity contribution is -0.122. The summed E-state index contributed by atoms with van der Waals surface area (Å²) >= 11 is 0. The van der Waals surface area contributed by atoms with Crippen molar-refractivity contribution in [3.8, 4) is 0 Å². The predicted octanol–water partition coefficient (Wildman–Crippen LogP) is 1.80. The number of likely N-dealkylation sites (tertiary alicyclic amines) is 1. The Morgan fingerprint density at radius 3 is 2.63 bits per heavy atom. The number of benzene rings is 1. The summed E-state index contributed by atoms with van der Waals surface area (Å²) in [5.74, 6) is -0.218. The van der Waals surface area contributed by atoms with Gasteiger partial charge in [-0.1, -0.05) is 18.2 Å². The standard InChI is InChI=1S/C15H18FNO2/c16-15-4-2-1-3-11(15)7-12(18)8-17-9-13-5-6-14(10-17)19-13/h1-4,13-14H,5-10H2. The van der Waals surface area contributed by atoms with Crippen molar-refractivity contribution in [2.45, 2.75) is 31.5 Å². The van der Waals surface area contributed by atoms with Crippen LogP contribution in [0.1, 0.15) is 18.4 Å². The molecule has 2 aliphatic heterocycles. The second-order valence-electron chi connectivity index (χ2n) is 5.46. The number of carbonyl (C=O) groups excluding carboxylic acids is 1. The van der Waals surface area contributed by atoms with Crippen molar-refractivity contribution < 1.29 is 13.9 Å². The fourth-order valence-electron chi connectivity index (χ4n) is 2.99. The molecule has 3 nitrogen and oxygen atoms in total. The van der Waals surface area contributed by atoms with Crippen molar-refractivity contribution in [3.05, 3.63) is 35.6 Å². The second kappa shape index (κ2) is 5.39. The number of carbonyl (C=O) groups is 1. The number of halogens is 1. The van der Waals surface area contributed by atoms with Gasteiger partial charge in [0.25, 0.3) is 0 Å². The number of ketones is 1. The van der Waals surface area contributed by atoms with Crippen LogP contribution in [-0.2, 0) is 16.0 Å². The number of hydrogen-bond donors (Lipinski definition) is 0. The van der Waals surface area contributed by atoms with Crippen LogP contribution >= 0.6 is 0 Å². The molecule has 4 heteroatoms. The summed E-state index contributed by atoms with van der Waals surface area (Å²) in [6.45, 7) is 2.07. The van der Waals surface area contributed by atoms with Gasteiger partial charge in [-0.25, -0.2) is 4.39 Å². The summed E-state index contributed by atoms with van der Waals surface area (Å²) < 4.78 is 19.2. The predicted molar refractivity (Wildman–Crippen MR) is 69.4 cm³/mol. The number of morpholine rings is 1. The van der Waals surface area contributed by atoms with Crippen LogP contribution in [0, 0.1) is 5.82 Å². The Balaban J connectivity index is 1.56. The topological polar surface area (TPSA) is 29.5 Å². The molecule has 0 aliphatic carbocycles. The van der Waals surface area contributed by atoms with E-state index in [0.717, 1.165) is 25.9 Å². The van der Waals surface area contributed by atoms with E-state index < -0.39 is 0 Å². The first-order valence-corrected chi connectivity index (χ1v) is 6.83. The number of ether oxygens (including phenoxy) is 1. The minimum absolute atomic E-state index is 0.0754. The van der Waals surface area contributed by atoms with Crippen molar-refractivity contribution >= 4 is 5.78 Å². The lowest BCUT2D eigenvalue weighted by Gasteiger charge is -2.31. The van der Waals surface area contributed by atoms with Crippen molar-refractivity contribution in [1.29, 1.82) is 0 Å². The van der Waals surface area contributed by atoms with Gasteiger partial charge in [0.05, 0.1) is 18.8 Å². The smallest absolute Gasteiger partial charge is 0.151 e. The molecule has 1 aromatic carbocycles. The summed E-state index contributed by atoms with van der Waals surface area (Å²) in [6, 6.07) is 6.48. The Labute approximate surface area is 112 Å². The first-order chi connectivity index (χ1) is 9.20. The molecule has 2 saturated heterocycles. The van der Waals surface area contributed by atoms with Gasteiger partial charge in [-0.05, 0) is 24.5 Å². The molecule has 0 spiro atoms. The van der Waals surface area contributed by atoms with E-state index in [-0.39, 0.29) is 18.0 Å². The molecule has 0 saturated carbocycles. The van der Waals surface area contributed by atoms with Crippen LogP contribution in [0.15, 0.2) is 24.3 Å². The van der Waals surface area contributed by atoms with Gasteiger partial charge in [0.1, 0.15) is 5.82 Å². The highest BCUT2D eigenvalue weighted by Crippen LogP contribution is 2.26. The molecule has 0 aromatic heterocycles. The monoisotopic (exact) mass is 263 g/mol. The molecule has 2 unspecified atom stereocenters. The molecule has 2 fully saturated rings. The van der Waals surface area contributed by atoms with Crippen LogP contribution in [0.2, 0.25) is 0 Å². The van der Waals surface area contributed by atoms with Crippen molar-refractivity contribution in [2.75, 3.05) is 19.6 Å². The summed E-state index contributed by atoms with van der Waals surface area (Å²) in [5.41, 5.74) is 0.490. The summed E-state index contributed by atoms with van der Waals surface area (Å²) in [6.07, 6.45) is 2.96. The maximum absolute atomic E-state index is 13.5. The summed E-state index contributed by atoms with van der Waals surface area (Å²) in [7, 11) is 0. The molecule has 19 heavy (non-hydrogen) atoms. The SMILES string of the molecule is O=C(Cc1ccccc1F)CN1CC2CCC(C1)O2. The molecule has 3 rings (SSSR count). The molecule has 0 N–H and O–H groups in total. The maximum atomic E-state index is 13.5. The molecule has 2 heterocycles. The van der Waals surface area contributed by atoms with Gasteiger partial charge in [0.2, 0.25) is 0 Å². The largest absolute Gasteiger partial charge is 0.372 e. The van der Waals surface area contributed by atoms with Gasteiger partial charge in [0.15, 0.2) is 5.78 Å². The second-order valence-corrected chi connectivity index (χ2v) is 5.46. The highest BCUT2D eigenvalue weighted by Gasteiger charge is 2.34. The number of hydrogen-bond acceptors (Lipinski definition) is 3. The molecule has 1 aromatic rings. The van der Waals surface area contributed by atoms with Crippen LogP contribution in [0.5, 0.6) is 0 Å². The Bertz CT molecular complexity index is 465. The van der Waals surface area contributed by atoms with Crippen LogP contribution in [0.3, 0.4) is 0 Å². The third-order valence-electron chi connectivity index (χ3n) is 3.86. The van der Waals surface area contributed by atoms with Crippen molar-refractivity contribution in [2.24, 2.45) is 0 Å². The quantitative estimate of drug-likeness (QED) is 0.829. The van der Waals surface area contributed by atoms with Crippen molar-refractivity contribution in [3.63, 3.8) is 0 Å². The molecular formula is C15H18FNO2. The molecule has 0 radical (unpaired) electrons. The van der Waals surface area contributed by atoms with E-state index in [0.29, 0.717) is 24.3 Å². The van der Waals surface area contributed by atoms with Crippen LogP contribution < -0.4 is 0 Å². The molecule has 102 valence electrons. The van der Waals surface area contributed by atoms with E-state index in [9.17, 15) is 9.18 Å². The lowest BCUT2D eigenvalue weighted by atomic mass is 10.1. The van der Waals surface area contributed by atoms with E-state index in [4.69, 9.17) is 4.74 Å². The number of fused-ring (bicyclic) bond motifs is 2. The van der Waals surface area contributed by atoms with Crippen LogP contribution in [0.4, 0.5) is 4.39 Å². The summed E-state index contributed by atoms with van der Waals surface area (Å²) in [4.78, 5) is 14.2. The number of rotatable bonds is 4. The lowest BCUT2D eigenvalue weighted by Crippen LogP contribution is -2.45. The first kappa shape index (κ1) is 12.8. The normalized spacial score (nSPS) is 26.6. The van der Waals surface area contributed by atoms with Gasteiger partial charge in [-0.3, -0.25) is 9.69 Å². The number of nitrogens with zero attached hydrogens (tertiary/aromatic N) is 1. The zero-order valence-electron chi connectivity index (χ0n) is 10.8. The van der Waals surface area contributed by atoms with Gasteiger partial charge in [-0.15, -0.1) is 0 Å². The Morgan fingerprint density at radius 1 is 1.26 bits per heavy atom. The maximum Gasteiger partial charge on any atom is 0.151 e. The third-order valence-corrected chi connectivity index (χ3v) is 3.86. The fraction of sp³-hybridized carbons (Fsp3) is 0.533. The van der Waals surface area contributed by atoms with Gasteiger partial charge in [0, 0.05) is 19.5 Å². The third kappa shape index (κ3) is 3.01. The van der Waals surface area contributed by atoms with E-state index >= 15 is 0 Å². The average Bonchev–Trinajstić information content (AvgIpc) is 2.72. The highest BCUT2D eigenvalue weighted by atomic mass is 19.1. The highest BCUT2D eigenvalue weighted by molar-refractivity contribution is 5.82. The minimum Gasteiger partial charge on any atom is -0.372 e. The molecule has 2 bridgehead atoms. The first-order valence-electron chi connectivity index (χ1n) is 6.83.